The highest BCUT2D eigenvalue weighted by molar-refractivity contribution is 6.32. The zero-order valence-electron chi connectivity index (χ0n) is 14.1. The van der Waals surface area contributed by atoms with E-state index >= 15 is 0 Å². The zero-order chi connectivity index (χ0) is 17.6. The fraction of sp³-hybridized carbons (Fsp3) is 0.471. The molecule has 2 aromatic heterocycles. The van der Waals surface area contributed by atoms with Gasteiger partial charge < -0.3 is 22.1 Å². The zero-order valence-corrected chi connectivity index (χ0v) is 14.8. The molecule has 1 fully saturated rings. The minimum absolute atomic E-state index is 0.316. The van der Waals surface area contributed by atoms with Gasteiger partial charge in [-0.1, -0.05) is 11.6 Å². The predicted octanol–water partition coefficient (Wildman–Crippen LogP) is 2.24. The molecule has 2 heterocycles. The number of halogens is 1. The summed E-state index contributed by atoms with van der Waals surface area (Å²) < 4.78 is 0. The maximum absolute atomic E-state index is 6.32. The summed E-state index contributed by atoms with van der Waals surface area (Å²) in [5.41, 5.74) is 13.1. The topological polar surface area (TPSA) is 115 Å². The molecule has 0 aromatic carbocycles. The van der Waals surface area contributed by atoms with E-state index in [-0.39, 0.29) is 0 Å². The van der Waals surface area contributed by atoms with Crippen LogP contribution in [0.25, 0.3) is 11.3 Å². The van der Waals surface area contributed by atoms with Crippen LogP contribution in [0.5, 0.6) is 0 Å². The number of hydrogen-bond donors (Lipinski definition) is 4. The van der Waals surface area contributed by atoms with E-state index in [0.29, 0.717) is 41.8 Å². The van der Waals surface area contributed by atoms with Crippen molar-refractivity contribution >= 4 is 23.4 Å². The van der Waals surface area contributed by atoms with Gasteiger partial charge in [-0.25, -0.2) is 15.0 Å². The Balaban J connectivity index is 1.77. The van der Waals surface area contributed by atoms with E-state index in [1.807, 2.05) is 12.1 Å². The third-order valence-electron chi connectivity index (χ3n) is 4.33. The molecule has 3 rings (SSSR count). The van der Waals surface area contributed by atoms with Gasteiger partial charge in [0, 0.05) is 36.9 Å². The second kappa shape index (κ2) is 8.42. The van der Waals surface area contributed by atoms with Gasteiger partial charge in [0.1, 0.15) is 5.82 Å². The van der Waals surface area contributed by atoms with Crippen LogP contribution in [0.3, 0.4) is 0 Å². The predicted molar refractivity (Wildman–Crippen MR) is 102 cm³/mol. The second-order valence-corrected chi connectivity index (χ2v) is 6.70. The van der Waals surface area contributed by atoms with Gasteiger partial charge in [0.15, 0.2) is 0 Å². The van der Waals surface area contributed by atoms with Crippen molar-refractivity contribution in [1.29, 1.82) is 0 Å². The molecule has 0 saturated heterocycles. The van der Waals surface area contributed by atoms with Crippen LogP contribution >= 0.6 is 11.6 Å². The highest BCUT2D eigenvalue weighted by Gasteiger charge is 2.19. The van der Waals surface area contributed by atoms with Crippen molar-refractivity contribution < 1.29 is 0 Å². The van der Waals surface area contributed by atoms with Gasteiger partial charge in [-0.05, 0) is 37.8 Å². The number of aromatic nitrogens is 3. The number of nitrogens with two attached hydrogens (primary N) is 2. The van der Waals surface area contributed by atoms with Gasteiger partial charge in [-0.3, -0.25) is 0 Å². The number of nitrogens with zero attached hydrogens (tertiary/aromatic N) is 3. The lowest BCUT2D eigenvalue weighted by Crippen LogP contribution is -2.33. The Morgan fingerprint density at radius 1 is 1.20 bits per heavy atom. The van der Waals surface area contributed by atoms with Crippen molar-refractivity contribution in [2.24, 2.45) is 11.5 Å². The summed E-state index contributed by atoms with van der Waals surface area (Å²) in [6, 6.07) is 4.46. The Morgan fingerprint density at radius 3 is 2.76 bits per heavy atom. The summed E-state index contributed by atoms with van der Waals surface area (Å²) in [5.74, 6) is 1.33. The average molecular weight is 362 g/mol. The third-order valence-corrected chi connectivity index (χ3v) is 4.61. The molecule has 8 heteroatoms. The van der Waals surface area contributed by atoms with Crippen molar-refractivity contribution in [3.63, 3.8) is 0 Å². The monoisotopic (exact) mass is 361 g/mol. The minimum Gasteiger partial charge on any atom is -0.369 e. The lowest BCUT2D eigenvalue weighted by Gasteiger charge is -2.26. The second-order valence-electron chi connectivity index (χ2n) is 6.29. The standard InChI is InChI=1S/C17H24ClN7/c18-14-10-23-17(24-13-3-1-12(20)2-4-13)25-16(14)11-5-7-21-15(9-11)22-8-6-19/h5,7,9-10,12-13H,1-4,6,8,19-20H2,(H,21,22)(H,23,24,25). The molecule has 134 valence electrons. The molecule has 7 nitrogen and oxygen atoms in total. The highest BCUT2D eigenvalue weighted by atomic mass is 35.5. The molecule has 0 aliphatic heterocycles. The van der Waals surface area contributed by atoms with E-state index in [2.05, 4.69) is 25.6 Å². The summed E-state index contributed by atoms with van der Waals surface area (Å²) in [5, 5.41) is 7.07. The quantitative estimate of drug-likeness (QED) is 0.623. The lowest BCUT2D eigenvalue weighted by atomic mass is 9.92. The first-order valence-corrected chi connectivity index (χ1v) is 8.98. The van der Waals surface area contributed by atoms with Crippen molar-refractivity contribution in [3.05, 3.63) is 29.5 Å². The number of nitrogens with one attached hydrogen (secondary N) is 2. The first-order valence-electron chi connectivity index (χ1n) is 8.60. The smallest absolute Gasteiger partial charge is 0.223 e. The summed E-state index contributed by atoms with van der Waals surface area (Å²) in [4.78, 5) is 13.2. The molecule has 1 aliphatic rings. The number of pyridine rings is 1. The van der Waals surface area contributed by atoms with Gasteiger partial charge in [0.25, 0.3) is 0 Å². The van der Waals surface area contributed by atoms with E-state index in [0.717, 1.165) is 37.1 Å². The van der Waals surface area contributed by atoms with Gasteiger partial charge in [-0.15, -0.1) is 0 Å². The van der Waals surface area contributed by atoms with Crippen LogP contribution in [0.15, 0.2) is 24.5 Å². The number of anilines is 2. The molecule has 0 amide bonds. The van der Waals surface area contributed by atoms with E-state index < -0.39 is 0 Å². The molecule has 25 heavy (non-hydrogen) atoms. The van der Waals surface area contributed by atoms with Crippen LogP contribution in [-0.2, 0) is 0 Å². The van der Waals surface area contributed by atoms with Crippen molar-refractivity contribution in [3.8, 4) is 11.3 Å². The van der Waals surface area contributed by atoms with Crippen LogP contribution in [0.2, 0.25) is 5.02 Å². The van der Waals surface area contributed by atoms with Gasteiger partial charge in [0.05, 0.1) is 16.9 Å². The van der Waals surface area contributed by atoms with Gasteiger partial charge in [0.2, 0.25) is 5.95 Å². The third kappa shape index (κ3) is 4.78. The molecule has 2 aromatic rings. The molecule has 0 spiro atoms. The Labute approximate surface area is 152 Å². The Morgan fingerprint density at radius 2 is 2.00 bits per heavy atom. The Bertz CT molecular complexity index is 701. The summed E-state index contributed by atoms with van der Waals surface area (Å²) in [6.45, 7) is 1.20. The van der Waals surface area contributed by atoms with E-state index in [1.54, 1.807) is 12.4 Å². The fourth-order valence-corrected chi connectivity index (χ4v) is 3.16. The fourth-order valence-electron chi connectivity index (χ4n) is 2.96. The summed E-state index contributed by atoms with van der Waals surface area (Å²) in [7, 11) is 0. The van der Waals surface area contributed by atoms with Crippen LogP contribution in [0.1, 0.15) is 25.7 Å². The minimum atomic E-state index is 0.316. The number of rotatable bonds is 6. The van der Waals surface area contributed by atoms with Crippen molar-refractivity contribution in [2.45, 2.75) is 37.8 Å². The maximum atomic E-state index is 6.32. The molecule has 1 saturated carbocycles. The first-order chi connectivity index (χ1) is 12.2. The van der Waals surface area contributed by atoms with E-state index in [4.69, 9.17) is 23.1 Å². The van der Waals surface area contributed by atoms with Crippen LogP contribution < -0.4 is 22.1 Å². The molecule has 1 aliphatic carbocycles. The Hall–Kier alpha value is -1.96. The maximum Gasteiger partial charge on any atom is 0.223 e. The average Bonchev–Trinajstić information content (AvgIpc) is 2.64. The molecule has 0 bridgehead atoms. The summed E-state index contributed by atoms with van der Waals surface area (Å²) >= 11 is 6.32. The molecule has 0 radical (unpaired) electrons. The first kappa shape index (κ1) is 17.8. The van der Waals surface area contributed by atoms with Gasteiger partial charge >= 0.3 is 0 Å². The Kier molecular flexibility index (Phi) is 6.01. The van der Waals surface area contributed by atoms with Gasteiger partial charge in [-0.2, -0.15) is 0 Å². The summed E-state index contributed by atoms with van der Waals surface area (Å²) in [6.07, 6.45) is 7.48. The molecule has 6 N–H and O–H groups in total. The molecule has 0 atom stereocenters. The van der Waals surface area contributed by atoms with Crippen LogP contribution in [0, 0.1) is 0 Å². The highest BCUT2D eigenvalue weighted by Crippen LogP contribution is 2.28. The SMILES string of the molecule is NCCNc1cc(-c2nc(NC3CCC(N)CC3)ncc2Cl)ccn1. The van der Waals surface area contributed by atoms with Crippen LogP contribution in [-0.4, -0.2) is 40.1 Å². The normalized spacial score (nSPS) is 20.3. The molecular formula is C17H24ClN7. The van der Waals surface area contributed by atoms with E-state index in [1.165, 1.54) is 0 Å². The van der Waals surface area contributed by atoms with Crippen LogP contribution in [0.4, 0.5) is 11.8 Å². The lowest BCUT2D eigenvalue weighted by molar-refractivity contribution is 0.410. The largest absolute Gasteiger partial charge is 0.369 e. The van der Waals surface area contributed by atoms with Crippen molar-refractivity contribution in [1.82, 2.24) is 15.0 Å². The molecule has 0 unspecified atom stereocenters. The number of hydrogen-bond acceptors (Lipinski definition) is 7. The van der Waals surface area contributed by atoms with Crippen molar-refractivity contribution in [2.75, 3.05) is 23.7 Å². The van der Waals surface area contributed by atoms with E-state index in [9.17, 15) is 0 Å². The molecular weight excluding hydrogens is 338 g/mol.